The van der Waals surface area contributed by atoms with Crippen LogP contribution in [0.2, 0.25) is 0 Å². The van der Waals surface area contributed by atoms with E-state index >= 15 is 0 Å². The van der Waals surface area contributed by atoms with Crippen LogP contribution in [0.3, 0.4) is 0 Å². The molecular weight excluding hydrogens is 556 g/mol. The smallest absolute Gasteiger partial charge is 0.186 e. The third kappa shape index (κ3) is 8.30. The highest BCUT2D eigenvalue weighted by atomic mass is 16.7. The van der Waals surface area contributed by atoms with Gasteiger partial charge in [-0.3, -0.25) is 0 Å². The van der Waals surface area contributed by atoms with Gasteiger partial charge in [-0.05, 0) is 6.92 Å². The van der Waals surface area contributed by atoms with Gasteiger partial charge < -0.3 is 79.1 Å². The van der Waals surface area contributed by atoms with Gasteiger partial charge >= 0.3 is 0 Å². The predicted molar refractivity (Wildman–Crippen MR) is 134 cm³/mol. The summed E-state index contributed by atoms with van der Waals surface area (Å²) >= 11 is 0. The number of aliphatic hydroxyl groups excluding tert-OH is 9. The van der Waals surface area contributed by atoms with E-state index < -0.39 is 105 Å². The highest BCUT2D eigenvalue weighted by Crippen LogP contribution is 2.30. The average molecular weight is 603 g/mol. The van der Waals surface area contributed by atoms with Gasteiger partial charge in [0.15, 0.2) is 6.29 Å². The third-order valence-electron chi connectivity index (χ3n) is 7.87. The molecule has 3 saturated heterocycles. The maximum atomic E-state index is 10.8. The molecule has 3 aliphatic heterocycles. The van der Waals surface area contributed by atoms with Crippen molar-refractivity contribution in [2.24, 2.45) is 11.8 Å². The van der Waals surface area contributed by atoms with E-state index in [-0.39, 0.29) is 39.6 Å². The normalized spacial score (nSPS) is 45.6. The van der Waals surface area contributed by atoms with E-state index in [1.807, 2.05) is 0 Å². The van der Waals surface area contributed by atoms with E-state index in [2.05, 4.69) is 0 Å². The number of ether oxygens (including phenoxy) is 7. The molecule has 0 aromatic carbocycles. The molecule has 242 valence electrons. The minimum Gasteiger partial charge on any atom is -0.394 e. The monoisotopic (exact) mass is 602 g/mol. The Morgan fingerprint density at radius 3 is 1.44 bits per heavy atom. The third-order valence-corrected chi connectivity index (χ3v) is 7.87. The Morgan fingerprint density at radius 1 is 0.512 bits per heavy atom. The van der Waals surface area contributed by atoms with Crippen LogP contribution in [0.25, 0.3) is 0 Å². The second kappa shape index (κ2) is 16.4. The molecule has 6 unspecified atom stereocenters. The molecule has 9 N–H and O–H groups in total. The zero-order chi connectivity index (χ0) is 30.3. The molecule has 3 fully saturated rings. The fraction of sp³-hybridized carbons (Fsp3) is 1.00. The van der Waals surface area contributed by atoms with Crippen molar-refractivity contribution in [3.63, 3.8) is 0 Å². The van der Waals surface area contributed by atoms with Gasteiger partial charge in [0.05, 0.1) is 70.7 Å². The van der Waals surface area contributed by atoms with Gasteiger partial charge in [0.25, 0.3) is 0 Å². The molecule has 16 nitrogen and oxygen atoms in total. The topological polar surface area (TPSA) is 247 Å². The number of methoxy groups -OCH3 is 1. The summed E-state index contributed by atoms with van der Waals surface area (Å²) in [5, 5.41) is 92.2. The first-order chi connectivity index (χ1) is 19.6. The van der Waals surface area contributed by atoms with Crippen molar-refractivity contribution in [1.29, 1.82) is 0 Å². The summed E-state index contributed by atoms with van der Waals surface area (Å²) in [6.07, 6.45) is -15.8. The second-order valence-electron chi connectivity index (χ2n) is 10.6. The first-order valence-electron chi connectivity index (χ1n) is 13.8. The van der Waals surface area contributed by atoms with Crippen LogP contribution >= 0.6 is 0 Å². The van der Waals surface area contributed by atoms with Crippen molar-refractivity contribution in [3.8, 4) is 0 Å². The lowest BCUT2D eigenvalue weighted by atomic mass is 9.87. The Balaban J connectivity index is 1.51. The average Bonchev–Trinajstić information content (AvgIpc) is 2.96. The van der Waals surface area contributed by atoms with E-state index in [1.165, 1.54) is 7.11 Å². The Kier molecular flexibility index (Phi) is 14.0. The number of hydrogen-bond donors (Lipinski definition) is 9. The van der Waals surface area contributed by atoms with E-state index in [4.69, 9.17) is 33.2 Å². The van der Waals surface area contributed by atoms with Gasteiger partial charge in [-0.1, -0.05) is 0 Å². The summed E-state index contributed by atoms with van der Waals surface area (Å²) in [7, 11) is 1.39. The Labute approximate surface area is 237 Å². The van der Waals surface area contributed by atoms with E-state index in [9.17, 15) is 46.0 Å². The van der Waals surface area contributed by atoms with E-state index in [0.717, 1.165) is 0 Å². The molecule has 3 aliphatic rings. The molecule has 0 spiro atoms. The number of aliphatic hydroxyl groups is 9. The van der Waals surface area contributed by atoms with Crippen molar-refractivity contribution in [1.82, 2.24) is 0 Å². The first-order valence-corrected chi connectivity index (χ1v) is 13.8. The van der Waals surface area contributed by atoms with Gasteiger partial charge in [0, 0.05) is 25.6 Å². The summed E-state index contributed by atoms with van der Waals surface area (Å²) in [5.41, 5.74) is 0. The number of hydrogen-bond acceptors (Lipinski definition) is 16. The molecular formula is C25H46O16. The van der Waals surface area contributed by atoms with Crippen molar-refractivity contribution >= 4 is 0 Å². The quantitative estimate of drug-likeness (QED) is 0.0901. The first kappa shape index (κ1) is 34.8. The molecule has 0 bridgehead atoms. The highest BCUT2D eigenvalue weighted by molar-refractivity contribution is 4.94. The van der Waals surface area contributed by atoms with Crippen LogP contribution in [-0.2, 0) is 33.2 Å². The zero-order valence-electron chi connectivity index (χ0n) is 23.2. The minimum atomic E-state index is -1.49. The fourth-order valence-electron chi connectivity index (χ4n) is 5.40. The SMILES string of the molecule is CCO[C@H]1OC(CO)[C@@H](COC[C@H]2OC(CO)[C@@H](COC[C@H]3OC(COC)[C@@H](O)[C@@H](O)C3O)C(O)[C@@H]2O)C(O)[C@@H]1O. The molecule has 0 saturated carbocycles. The summed E-state index contributed by atoms with van der Waals surface area (Å²) in [4.78, 5) is 0. The Bertz CT molecular complexity index is 744. The summed E-state index contributed by atoms with van der Waals surface area (Å²) in [6.45, 7) is 0.0223. The van der Waals surface area contributed by atoms with E-state index in [1.54, 1.807) is 6.92 Å². The summed E-state index contributed by atoms with van der Waals surface area (Å²) < 4.78 is 38.3. The Hall–Kier alpha value is -0.640. The van der Waals surface area contributed by atoms with Crippen molar-refractivity contribution in [2.75, 3.05) is 60.0 Å². The standard InChI is InChI=1S/C25H46O16/c1-3-38-25-24(34)19(29)12(14(5-27)41-25)7-37-9-16-20(30)18(28)11(13(4-26)39-16)6-36-10-17-22(32)23(33)21(31)15(40-17)8-35-2/h11-34H,3-10H2,1-2H3/t11-,12-,13?,14?,15?,16-,17-,18?,19?,20-,21-,22?,23-,24+,25+/m1/s1. The van der Waals surface area contributed by atoms with Gasteiger partial charge in [-0.2, -0.15) is 0 Å². The van der Waals surface area contributed by atoms with Gasteiger partial charge in [0.2, 0.25) is 0 Å². The van der Waals surface area contributed by atoms with Crippen molar-refractivity contribution in [3.05, 3.63) is 0 Å². The largest absolute Gasteiger partial charge is 0.394 e. The van der Waals surface area contributed by atoms with Gasteiger partial charge in [0.1, 0.15) is 48.8 Å². The van der Waals surface area contributed by atoms with Crippen molar-refractivity contribution < 1.29 is 79.1 Å². The lowest BCUT2D eigenvalue weighted by Gasteiger charge is -2.44. The van der Waals surface area contributed by atoms with Crippen LogP contribution < -0.4 is 0 Å². The lowest BCUT2D eigenvalue weighted by Crippen LogP contribution is -2.60. The molecule has 3 heterocycles. The minimum absolute atomic E-state index is 0.0272. The van der Waals surface area contributed by atoms with Crippen LogP contribution in [-0.4, -0.2) is 185 Å². The molecule has 0 aromatic rings. The molecule has 0 aromatic heterocycles. The maximum Gasteiger partial charge on any atom is 0.186 e. The second-order valence-corrected chi connectivity index (χ2v) is 10.6. The van der Waals surface area contributed by atoms with E-state index in [0.29, 0.717) is 0 Å². The molecule has 41 heavy (non-hydrogen) atoms. The summed E-state index contributed by atoms with van der Waals surface area (Å²) in [6, 6.07) is 0. The predicted octanol–water partition coefficient (Wildman–Crippen LogP) is -5.29. The fourth-order valence-corrected chi connectivity index (χ4v) is 5.40. The van der Waals surface area contributed by atoms with Crippen LogP contribution in [0.4, 0.5) is 0 Å². The molecule has 15 atom stereocenters. The van der Waals surface area contributed by atoms with Crippen molar-refractivity contribution in [2.45, 2.75) is 86.5 Å². The van der Waals surface area contributed by atoms with Crippen LogP contribution in [0.15, 0.2) is 0 Å². The molecule has 16 heteroatoms. The van der Waals surface area contributed by atoms with Crippen LogP contribution in [0.5, 0.6) is 0 Å². The van der Waals surface area contributed by atoms with Crippen LogP contribution in [0.1, 0.15) is 6.92 Å². The number of rotatable bonds is 14. The molecule has 3 rings (SSSR count). The molecule has 0 aliphatic carbocycles. The maximum absolute atomic E-state index is 10.8. The zero-order valence-corrected chi connectivity index (χ0v) is 23.2. The van der Waals surface area contributed by atoms with Gasteiger partial charge in [-0.15, -0.1) is 0 Å². The van der Waals surface area contributed by atoms with Crippen LogP contribution in [0, 0.1) is 11.8 Å². The lowest BCUT2D eigenvalue weighted by molar-refractivity contribution is -0.295. The van der Waals surface area contributed by atoms with Gasteiger partial charge in [-0.25, -0.2) is 0 Å². The summed E-state index contributed by atoms with van der Waals surface area (Å²) in [5.74, 6) is -1.71. The highest BCUT2D eigenvalue weighted by Gasteiger charge is 2.48. The Morgan fingerprint density at radius 2 is 0.951 bits per heavy atom. The molecule has 0 radical (unpaired) electrons. The molecule has 0 amide bonds.